The lowest BCUT2D eigenvalue weighted by atomic mass is 9.99. The van der Waals surface area contributed by atoms with Gasteiger partial charge < -0.3 is 25.0 Å². The minimum absolute atomic E-state index is 0.125. The van der Waals surface area contributed by atoms with E-state index in [1.807, 2.05) is 0 Å². The Balaban J connectivity index is 1.84. The third kappa shape index (κ3) is 4.26. The number of ether oxygens (including phenoxy) is 1. The fraction of sp³-hybridized carbons (Fsp3) is 0.474. The molecule has 1 aliphatic rings. The van der Waals surface area contributed by atoms with Gasteiger partial charge in [0.15, 0.2) is 6.54 Å². The summed E-state index contributed by atoms with van der Waals surface area (Å²) in [6.07, 6.45) is 3.89. The van der Waals surface area contributed by atoms with Crippen molar-refractivity contribution in [3.05, 3.63) is 28.9 Å². The van der Waals surface area contributed by atoms with E-state index in [-0.39, 0.29) is 30.8 Å². The summed E-state index contributed by atoms with van der Waals surface area (Å²) >= 11 is 6.31. The molecule has 27 heavy (non-hydrogen) atoms. The van der Waals surface area contributed by atoms with Crippen LogP contribution in [0.25, 0.3) is 10.9 Å². The quantitative estimate of drug-likeness (QED) is 0.556. The van der Waals surface area contributed by atoms with Crippen LogP contribution in [-0.2, 0) is 9.53 Å². The molecule has 1 fully saturated rings. The summed E-state index contributed by atoms with van der Waals surface area (Å²) in [4.78, 5) is 29.0. The Morgan fingerprint density at radius 3 is 2.96 bits per heavy atom. The van der Waals surface area contributed by atoms with Gasteiger partial charge in [0.1, 0.15) is 5.69 Å². The average molecular weight is 395 g/mol. The van der Waals surface area contributed by atoms with E-state index in [4.69, 9.17) is 16.3 Å². The van der Waals surface area contributed by atoms with E-state index in [0.29, 0.717) is 28.0 Å². The molecule has 1 unspecified atom stereocenters. The first-order valence-electron chi connectivity index (χ1n) is 9.19. The zero-order valence-corrected chi connectivity index (χ0v) is 16.1. The summed E-state index contributed by atoms with van der Waals surface area (Å²) in [7, 11) is 1.29. The molecule has 2 heterocycles. The Kier molecular flexibility index (Phi) is 6.36. The highest BCUT2D eigenvalue weighted by molar-refractivity contribution is 6.37. The molecule has 4 N–H and O–H groups in total. The second-order valence-corrected chi connectivity index (χ2v) is 7.27. The van der Waals surface area contributed by atoms with Crippen LogP contribution in [-0.4, -0.2) is 54.8 Å². The van der Waals surface area contributed by atoms with Gasteiger partial charge >= 0.3 is 5.97 Å². The molecule has 0 bridgehead atoms. The summed E-state index contributed by atoms with van der Waals surface area (Å²) < 4.78 is 4.83. The molecule has 8 heteroatoms. The first-order chi connectivity index (χ1) is 13.0. The van der Waals surface area contributed by atoms with Crippen LogP contribution in [0.3, 0.4) is 0 Å². The van der Waals surface area contributed by atoms with Gasteiger partial charge in [-0.1, -0.05) is 17.7 Å². The molecule has 0 radical (unpaired) electrons. The second-order valence-electron chi connectivity index (χ2n) is 6.87. The molecule has 1 saturated heterocycles. The summed E-state index contributed by atoms with van der Waals surface area (Å²) in [5.41, 5.74) is 1.18. The molecule has 2 aromatic rings. The fourth-order valence-electron chi connectivity index (χ4n) is 3.86. The third-order valence-electron chi connectivity index (χ3n) is 5.17. The first kappa shape index (κ1) is 19.7. The SMILES string of the molecule is COC(=O)c1[nH]c2cccc(Cl)c2c1NC(=O)C[NH+]1CCCC[C@@H]1CCO. The van der Waals surface area contributed by atoms with E-state index in [1.165, 1.54) is 12.0 Å². The molecule has 146 valence electrons. The number of anilines is 1. The molecule has 1 aromatic heterocycles. The number of quaternary nitrogens is 1. The molecule has 3 rings (SSSR count). The first-order valence-corrected chi connectivity index (χ1v) is 9.56. The number of likely N-dealkylation sites (tertiary alicyclic amines) is 1. The van der Waals surface area contributed by atoms with Gasteiger partial charge in [-0.3, -0.25) is 4.79 Å². The molecular formula is C19H25ClN3O4+. The van der Waals surface area contributed by atoms with Gasteiger partial charge in [-0.2, -0.15) is 0 Å². The van der Waals surface area contributed by atoms with Crippen molar-refractivity contribution in [3.8, 4) is 0 Å². The standard InChI is InChI=1S/C19H24ClN3O4/c1-27-19(26)18-17(16-13(20)6-4-7-14(16)21-18)22-15(25)11-23-9-3-2-5-12(23)8-10-24/h4,6-7,12,21,24H,2-3,5,8-11H2,1H3,(H,22,25)/p+1/t12-/m1/s1. The number of hydrogen-bond donors (Lipinski definition) is 4. The van der Waals surface area contributed by atoms with Crippen molar-refractivity contribution in [1.82, 2.24) is 4.98 Å². The van der Waals surface area contributed by atoms with Crippen molar-refractivity contribution in [3.63, 3.8) is 0 Å². The Hall–Kier alpha value is -2.09. The Labute approximate surface area is 162 Å². The molecule has 1 aromatic carbocycles. The molecular weight excluding hydrogens is 370 g/mol. The zero-order chi connectivity index (χ0) is 19.4. The third-order valence-corrected chi connectivity index (χ3v) is 5.49. The average Bonchev–Trinajstić information content (AvgIpc) is 3.02. The maximum atomic E-state index is 12.7. The number of H-pyrrole nitrogens is 1. The number of nitrogens with one attached hydrogen (secondary N) is 3. The number of benzene rings is 1. The molecule has 0 aliphatic carbocycles. The van der Waals surface area contributed by atoms with Crippen molar-refractivity contribution in [1.29, 1.82) is 0 Å². The van der Waals surface area contributed by atoms with Crippen molar-refractivity contribution < 1.29 is 24.3 Å². The van der Waals surface area contributed by atoms with E-state index >= 15 is 0 Å². The number of aromatic amines is 1. The zero-order valence-electron chi connectivity index (χ0n) is 15.3. The van der Waals surface area contributed by atoms with Crippen LogP contribution in [0.15, 0.2) is 18.2 Å². The number of piperidine rings is 1. The minimum atomic E-state index is -0.568. The van der Waals surface area contributed by atoms with Crippen LogP contribution in [0.4, 0.5) is 5.69 Å². The van der Waals surface area contributed by atoms with Gasteiger partial charge in [0.2, 0.25) is 0 Å². The predicted molar refractivity (Wildman–Crippen MR) is 103 cm³/mol. The van der Waals surface area contributed by atoms with Gasteiger partial charge in [0.05, 0.1) is 30.4 Å². The normalized spacial score (nSPS) is 19.8. The van der Waals surface area contributed by atoms with Crippen molar-refractivity contribution in [2.24, 2.45) is 0 Å². The number of amides is 1. The predicted octanol–water partition coefficient (Wildman–Crippen LogP) is 1.37. The molecule has 7 nitrogen and oxygen atoms in total. The summed E-state index contributed by atoms with van der Waals surface area (Å²) in [6, 6.07) is 5.55. The highest BCUT2D eigenvalue weighted by Gasteiger charge is 2.29. The van der Waals surface area contributed by atoms with Crippen molar-refractivity contribution in [2.45, 2.75) is 31.7 Å². The Bertz CT molecular complexity index is 834. The minimum Gasteiger partial charge on any atom is -0.464 e. The number of methoxy groups -OCH3 is 1. The van der Waals surface area contributed by atoms with E-state index in [2.05, 4.69) is 10.3 Å². The van der Waals surface area contributed by atoms with Gasteiger partial charge in [-0.15, -0.1) is 0 Å². The number of aromatic nitrogens is 1. The number of hydrogen-bond acceptors (Lipinski definition) is 4. The van der Waals surface area contributed by atoms with Crippen LogP contribution < -0.4 is 10.2 Å². The lowest BCUT2D eigenvalue weighted by Crippen LogP contribution is -3.17. The van der Waals surface area contributed by atoms with Crippen LogP contribution in [0.5, 0.6) is 0 Å². The number of carbonyl (C=O) groups excluding carboxylic acids is 2. The highest BCUT2D eigenvalue weighted by atomic mass is 35.5. The number of halogens is 1. The van der Waals surface area contributed by atoms with E-state index < -0.39 is 5.97 Å². The Morgan fingerprint density at radius 2 is 2.22 bits per heavy atom. The van der Waals surface area contributed by atoms with Gasteiger partial charge in [-0.05, 0) is 31.4 Å². The lowest BCUT2D eigenvalue weighted by molar-refractivity contribution is -0.923. The van der Waals surface area contributed by atoms with E-state index in [1.54, 1.807) is 18.2 Å². The van der Waals surface area contributed by atoms with Crippen LogP contribution in [0.1, 0.15) is 36.2 Å². The number of rotatable bonds is 6. The van der Waals surface area contributed by atoms with Crippen molar-refractivity contribution in [2.75, 3.05) is 32.1 Å². The van der Waals surface area contributed by atoms with Gasteiger partial charge in [-0.25, -0.2) is 4.79 Å². The lowest BCUT2D eigenvalue weighted by Gasteiger charge is -2.31. The largest absolute Gasteiger partial charge is 0.464 e. The maximum Gasteiger partial charge on any atom is 0.356 e. The summed E-state index contributed by atoms with van der Waals surface area (Å²) in [5, 5.41) is 13.2. The van der Waals surface area contributed by atoms with Gasteiger partial charge in [0.25, 0.3) is 5.91 Å². The number of esters is 1. The summed E-state index contributed by atoms with van der Waals surface area (Å²) in [6.45, 7) is 1.30. The van der Waals surface area contributed by atoms with Crippen LogP contribution in [0.2, 0.25) is 5.02 Å². The number of aliphatic hydroxyl groups is 1. The summed E-state index contributed by atoms with van der Waals surface area (Å²) in [5.74, 6) is -0.762. The molecule has 0 spiro atoms. The smallest absolute Gasteiger partial charge is 0.356 e. The highest BCUT2D eigenvalue weighted by Crippen LogP contribution is 2.33. The number of carbonyl (C=O) groups is 2. The fourth-order valence-corrected chi connectivity index (χ4v) is 4.13. The Morgan fingerprint density at radius 1 is 1.41 bits per heavy atom. The molecule has 1 amide bonds. The van der Waals surface area contributed by atoms with Crippen LogP contribution >= 0.6 is 11.6 Å². The number of aliphatic hydroxyl groups excluding tert-OH is 1. The van der Waals surface area contributed by atoms with Crippen LogP contribution in [0, 0.1) is 0 Å². The number of fused-ring (bicyclic) bond motifs is 1. The topological polar surface area (TPSA) is 95.9 Å². The van der Waals surface area contributed by atoms with E-state index in [9.17, 15) is 14.7 Å². The second kappa shape index (κ2) is 8.73. The molecule has 1 aliphatic heterocycles. The van der Waals surface area contributed by atoms with Crippen molar-refractivity contribution >= 4 is 40.1 Å². The maximum absolute atomic E-state index is 12.7. The molecule has 2 atom stereocenters. The van der Waals surface area contributed by atoms with E-state index in [0.717, 1.165) is 25.8 Å². The molecule has 0 saturated carbocycles. The monoisotopic (exact) mass is 394 g/mol. The van der Waals surface area contributed by atoms with Gasteiger partial charge in [0, 0.05) is 23.9 Å².